The molecule has 33 heavy (non-hydrogen) atoms. The second-order valence-corrected chi connectivity index (χ2v) is 9.11. The predicted octanol–water partition coefficient (Wildman–Crippen LogP) is 5.54. The van der Waals surface area contributed by atoms with Gasteiger partial charge in [0.2, 0.25) is 5.13 Å². The molecule has 6 nitrogen and oxygen atoms in total. The lowest BCUT2D eigenvalue weighted by atomic mass is 10.0. The maximum Gasteiger partial charge on any atom is 0.438 e. The summed E-state index contributed by atoms with van der Waals surface area (Å²) in [4.78, 5) is 16.6. The molecular formula is C22H13BrF3N3O3S. The van der Waals surface area contributed by atoms with Crippen LogP contribution in [0.15, 0.2) is 78.8 Å². The number of aromatic nitrogens is 1. The van der Waals surface area contributed by atoms with Gasteiger partial charge in [0.25, 0.3) is 5.72 Å². The van der Waals surface area contributed by atoms with E-state index < -0.39 is 23.9 Å². The first-order chi connectivity index (χ1) is 15.7. The molecule has 1 aliphatic rings. The van der Waals surface area contributed by atoms with Crippen molar-refractivity contribution < 1.29 is 22.7 Å². The van der Waals surface area contributed by atoms with E-state index in [1.54, 1.807) is 54.6 Å². The molecule has 4 aromatic rings. The second-order valence-electron chi connectivity index (χ2n) is 7.36. The molecule has 0 radical (unpaired) electrons. The lowest BCUT2D eigenvalue weighted by molar-refractivity contribution is -0.254. The van der Waals surface area contributed by atoms with Crippen LogP contribution in [0.1, 0.15) is 12.0 Å². The van der Waals surface area contributed by atoms with Gasteiger partial charge in [0.05, 0.1) is 23.4 Å². The monoisotopic (exact) mass is 535 g/mol. The van der Waals surface area contributed by atoms with Gasteiger partial charge < -0.3 is 9.52 Å². The molecule has 0 saturated heterocycles. The largest absolute Gasteiger partial charge is 0.438 e. The number of hydrogen-bond donors (Lipinski definition) is 1. The third kappa shape index (κ3) is 3.75. The van der Waals surface area contributed by atoms with E-state index in [1.807, 2.05) is 0 Å². The molecule has 0 bridgehead atoms. The minimum absolute atomic E-state index is 0.0595. The Hall–Kier alpha value is -3.02. The summed E-state index contributed by atoms with van der Waals surface area (Å²) in [5.41, 5.74) is -2.83. The summed E-state index contributed by atoms with van der Waals surface area (Å²) in [6.07, 6.45) is -5.79. The molecule has 11 heteroatoms. The van der Waals surface area contributed by atoms with E-state index in [1.165, 1.54) is 5.38 Å². The molecule has 0 aliphatic carbocycles. The van der Waals surface area contributed by atoms with E-state index in [0.717, 1.165) is 15.8 Å². The highest BCUT2D eigenvalue weighted by Crippen LogP contribution is 2.45. The topological polar surface area (TPSA) is 78.9 Å². The van der Waals surface area contributed by atoms with Crippen molar-refractivity contribution in [3.8, 4) is 11.3 Å². The Balaban J connectivity index is 1.58. The maximum atomic E-state index is 13.9. The molecule has 0 fully saturated rings. The van der Waals surface area contributed by atoms with Gasteiger partial charge >= 0.3 is 11.8 Å². The van der Waals surface area contributed by atoms with Crippen LogP contribution in [0.4, 0.5) is 18.3 Å². The summed E-state index contributed by atoms with van der Waals surface area (Å²) < 4.78 is 47.9. The van der Waals surface area contributed by atoms with Crippen molar-refractivity contribution in [1.82, 2.24) is 4.98 Å². The summed E-state index contributed by atoms with van der Waals surface area (Å²) in [6, 6.07) is 15.0. The number of alkyl halides is 3. The minimum atomic E-state index is -5.01. The fourth-order valence-electron chi connectivity index (χ4n) is 3.50. The molecule has 2 aromatic carbocycles. The van der Waals surface area contributed by atoms with Gasteiger partial charge in [-0.2, -0.15) is 23.3 Å². The minimum Gasteiger partial charge on any atom is -0.422 e. The van der Waals surface area contributed by atoms with Crippen molar-refractivity contribution >= 4 is 49.1 Å². The number of hydrogen-bond acceptors (Lipinski definition) is 7. The quantitative estimate of drug-likeness (QED) is 0.348. The van der Waals surface area contributed by atoms with Crippen LogP contribution in [0.3, 0.4) is 0 Å². The second kappa shape index (κ2) is 7.79. The average molecular weight is 536 g/mol. The zero-order valence-corrected chi connectivity index (χ0v) is 18.9. The number of anilines is 1. The average Bonchev–Trinajstić information content (AvgIpc) is 3.39. The highest BCUT2D eigenvalue weighted by molar-refractivity contribution is 9.10. The predicted molar refractivity (Wildman–Crippen MR) is 122 cm³/mol. The van der Waals surface area contributed by atoms with E-state index >= 15 is 0 Å². The van der Waals surface area contributed by atoms with Crippen molar-refractivity contribution in [3.05, 3.63) is 80.4 Å². The molecule has 1 N–H and O–H groups in total. The van der Waals surface area contributed by atoms with Crippen LogP contribution < -0.4 is 10.6 Å². The molecule has 3 heterocycles. The first-order valence-electron chi connectivity index (χ1n) is 9.57. The molecule has 0 spiro atoms. The van der Waals surface area contributed by atoms with E-state index in [0.29, 0.717) is 21.5 Å². The van der Waals surface area contributed by atoms with Crippen molar-refractivity contribution in [2.45, 2.75) is 18.3 Å². The summed E-state index contributed by atoms with van der Waals surface area (Å²) in [7, 11) is 0. The Morgan fingerprint density at radius 2 is 1.88 bits per heavy atom. The Kier molecular flexibility index (Phi) is 5.15. The molecule has 0 saturated carbocycles. The molecule has 0 amide bonds. The first-order valence-corrected chi connectivity index (χ1v) is 11.2. The van der Waals surface area contributed by atoms with E-state index in [2.05, 4.69) is 26.0 Å². The van der Waals surface area contributed by atoms with Crippen molar-refractivity contribution in [2.24, 2.45) is 5.10 Å². The Bertz CT molecular complexity index is 1450. The molecule has 1 unspecified atom stereocenters. The zero-order chi connectivity index (χ0) is 23.4. The van der Waals surface area contributed by atoms with Gasteiger partial charge in [0, 0.05) is 15.2 Å². The summed E-state index contributed by atoms with van der Waals surface area (Å²) in [6.45, 7) is 0. The van der Waals surface area contributed by atoms with Crippen LogP contribution in [0.5, 0.6) is 0 Å². The van der Waals surface area contributed by atoms with Crippen molar-refractivity contribution in [3.63, 3.8) is 0 Å². The molecule has 1 atom stereocenters. The van der Waals surface area contributed by atoms with Crippen LogP contribution in [-0.2, 0) is 0 Å². The SMILES string of the molecule is O=c1oc2ccccc2cc1-c1csc(N2N=C(c3ccc(Br)cc3)CC2(O)C(F)(F)F)n1. The summed E-state index contributed by atoms with van der Waals surface area (Å²) in [5.74, 6) is 0. The Morgan fingerprint density at radius 1 is 1.15 bits per heavy atom. The fraction of sp³-hybridized carbons (Fsp3) is 0.136. The van der Waals surface area contributed by atoms with Crippen LogP contribution in [0, 0.1) is 0 Å². The van der Waals surface area contributed by atoms with E-state index in [4.69, 9.17) is 4.42 Å². The number of hydrazone groups is 1. The fourth-order valence-corrected chi connectivity index (χ4v) is 4.60. The summed E-state index contributed by atoms with van der Waals surface area (Å²) in [5, 5.41) is 17.1. The van der Waals surface area contributed by atoms with Gasteiger partial charge in [-0.3, -0.25) is 0 Å². The molecule has 1 aliphatic heterocycles. The third-order valence-electron chi connectivity index (χ3n) is 5.21. The van der Waals surface area contributed by atoms with Crippen molar-refractivity contribution in [2.75, 3.05) is 5.01 Å². The molecule has 168 valence electrons. The van der Waals surface area contributed by atoms with Gasteiger partial charge in [-0.25, -0.2) is 9.78 Å². The van der Waals surface area contributed by atoms with Gasteiger partial charge in [-0.1, -0.05) is 46.3 Å². The van der Waals surface area contributed by atoms with Gasteiger partial charge in [0.1, 0.15) is 5.58 Å². The number of fused-ring (bicyclic) bond motifs is 1. The number of para-hydroxylation sites is 1. The smallest absolute Gasteiger partial charge is 0.422 e. The van der Waals surface area contributed by atoms with Gasteiger partial charge in [-0.05, 0) is 29.8 Å². The maximum absolute atomic E-state index is 13.9. The van der Waals surface area contributed by atoms with Crippen LogP contribution in [-0.4, -0.2) is 27.7 Å². The third-order valence-corrected chi connectivity index (χ3v) is 6.55. The number of aliphatic hydroxyl groups is 1. The normalized spacial score (nSPS) is 18.7. The lowest BCUT2D eigenvalue weighted by Crippen LogP contribution is -2.55. The van der Waals surface area contributed by atoms with Crippen molar-refractivity contribution in [1.29, 1.82) is 0 Å². The number of halogens is 4. The highest BCUT2D eigenvalue weighted by Gasteiger charge is 2.62. The van der Waals surface area contributed by atoms with E-state index in [9.17, 15) is 23.1 Å². The number of benzene rings is 2. The molecule has 2 aromatic heterocycles. The lowest BCUT2D eigenvalue weighted by Gasteiger charge is -2.32. The highest BCUT2D eigenvalue weighted by atomic mass is 79.9. The Morgan fingerprint density at radius 3 is 2.61 bits per heavy atom. The summed E-state index contributed by atoms with van der Waals surface area (Å²) >= 11 is 4.11. The van der Waals surface area contributed by atoms with Gasteiger partial charge in [0.15, 0.2) is 0 Å². The Labute approximate surface area is 196 Å². The van der Waals surface area contributed by atoms with Crippen LogP contribution >= 0.6 is 27.3 Å². The van der Waals surface area contributed by atoms with Crippen LogP contribution in [0.25, 0.3) is 22.2 Å². The number of thiazole rings is 1. The molecular weight excluding hydrogens is 523 g/mol. The number of nitrogens with zero attached hydrogens (tertiary/aromatic N) is 3. The van der Waals surface area contributed by atoms with Gasteiger partial charge in [-0.15, -0.1) is 11.3 Å². The molecule has 5 rings (SSSR count). The zero-order valence-electron chi connectivity index (χ0n) is 16.5. The number of rotatable bonds is 3. The van der Waals surface area contributed by atoms with Crippen LogP contribution in [0.2, 0.25) is 0 Å². The standard InChI is InChI=1S/C22H13BrF3N3O3S/c23-14-7-5-12(6-8-14)16-10-21(31,22(24,25)26)29(28-16)20-27-17(11-33-20)15-9-13-3-1-2-4-18(13)32-19(15)30/h1-9,11,31H,10H2. The van der Waals surface area contributed by atoms with E-state index in [-0.39, 0.29) is 22.1 Å². The first kappa shape index (κ1) is 21.8.